The van der Waals surface area contributed by atoms with Crippen LogP contribution in [0.3, 0.4) is 0 Å². The molecule has 3 aliphatic rings. The summed E-state index contributed by atoms with van der Waals surface area (Å²) < 4.78 is 0. The summed E-state index contributed by atoms with van der Waals surface area (Å²) >= 11 is 0. The first kappa shape index (κ1) is 11.7. The molecule has 1 aliphatic carbocycles. The number of hydrogen-bond acceptors (Lipinski definition) is 5. The Bertz CT molecular complexity index is 757. The first-order chi connectivity index (χ1) is 9.75. The third kappa shape index (κ3) is 1.54. The normalized spacial score (nSPS) is 25.4. The lowest BCUT2D eigenvalue weighted by Gasteiger charge is -2.17. The van der Waals surface area contributed by atoms with Crippen LogP contribution in [-0.2, 0) is 0 Å². The van der Waals surface area contributed by atoms with Crippen molar-refractivity contribution in [1.82, 2.24) is 0 Å². The van der Waals surface area contributed by atoms with E-state index in [1.807, 2.05) is 6.08 Å². The second-order valence-corrected chi connectivity index (χ2v) is 6.89. The fraction of sp³-hybridized carbons (Fsp3) is 0.214. The first-order valence-corrected chi connectivity index (χ1v) is 7.80. The predicted octanol–water partition coefficient (Wildman–Crippen LogP) is 3.02. The average molecular weight is 283 g/mol. The van der Waals surface area contributed by atoms with Gasteiger partial charge in [0.15, 0.2) is 0 Å². The fourth-order valence-corrected chi connectivity index (χ4v) is 5.13. The number of nitrogens with zero attached hydrogens (tertiary/aromatic N) is 4. The second-order valence-electron chi connectivity index (χ2n) is 4.92. The van der Waals surface area contributed by atoms with E-state index >= 15 is 0 Å². The third-order valence-electron chi connectivity index (χ3n) is 3.70. The number of rotatable bonds is 0. The van der Waals surface area contributed by atoms with Gasteiger partial charge in [0, 0.05) is 23.2 Å². The van der Waals surface area contributed by atoms with Gasteiger partial charge in [0.2, 0.25) is 0 Å². The lowest BCUT2D eigenvalue weighted by atomic mass is 10.0. The van der Waals surface area contributed by atoms with Gasteiger partial charge in [-0.05, 0) is 23.4 Å². The minimum atomic E-state index is -0.0490. The number of hydrogen-bond donors (Lipinski definition) is 1. The van der Waals surface area contributed by atoms with Crippen LogP contribution in [0.25, 0.3) is 0 Å². The maximum absolute atomic E-state index is 8.41. The molecule has 0 spiro atoms. The van der Waals surface area contributed by atoms with E-state index in [0.29, 0.717) is 11.4 Å². The summed E-state index contributed by atoms with van der Waals surface area (Å²) in [5, 5.41) is 20.0. The highest BCUT2D eigenvalue weighted by Crippen LogP contribution is 2.44. The van der Waals surface area contributed by atoms with Crippen molar-refractivity contribution in [2.75, 3.05) is 17.8 Å². The Labute approximate surface area is 119 Å². The molecule has 20 heavy (non-hydrogen) atoms. The Hall–Kier alpha value is -2.08. The van der Waals surface area contributed by atoms with E-state index in [2.05, 4.69) is 51.7 Å². The SMILES string of the molecule is CN1CS(=C2CC=C3N=NN=C3C2=N)c2ccccc21. The van der Waals surface area contributed by atoms with Gasteiger partial charge in [-0.2, -0.15) is 0 Å². The number of para-hydroxylation sites is 1. The molecular weight excluding hydrogens is 270 g/mol. The molecule has 5 nitrogen and oxygen atoms in total. The monoisotopic (exact) mass is 283 g/mol. The van der Waals surface area contributed by atoms with Crippen molar-refractivity contribution >= 4 is 32.5 Å². The number of benzene rings is 1. The Kier molecular flexibility index (Phi) is 2.47. The summed E-state index contributed by atoms with van der Waals surface area (Å²) in [6.07, 6.45) is 2.81. The summed E-state index contributed by atoms with van der Waals surface area (Å²) in [7, 11) is 2.06. The summed E-state index contributed by atoms with van der Waals surface area (Å²) in [5.74, 6) is 0.946. The van der Waals surface area contributed by atoms with Crippen LogP contribution in [0.4, 0.5) is 5.69 Å². The highest BCUT2D eigenvalue weighted by atomic mass is 32.2. The van der Waals surface area contributed by atoms with Crippen LogP contribution in [-0.4, -0.2) is 29.2 Å². The van der Waals surface area contributed by atoms with Gasteiger partial charge in [0.1, 0.15) is 11.4 Å². The van der Waals surface area contributed by atoms with Crippen molar-refractivity contribution in [1.29, 1.82) is 5.41 Å². The average Bonchev–Trinajstić information content (AvgIpc) is 3.06. The Balaban J connectivity index is 1.88. The lowest BCUT2D eigenvalue weighted by Crippen LogP contribution is -2.27. The van der Waals surface area contributed by atoms with Crippen LogP contribution in [0.2, 0.25) is 0 Å². The predicted molar refractivity (Wildman–Crippen MR) is 83.3 cm³/mol. The van der Waals surface area contributed by atoms with Crippen molar-refractivity contribution in [3.05, 3.63) is 36.0 Å². The number of nitrogens with one attached hydrogen (secondary N) is 1. The molecular formula is C14H13N5S. The number of fused-ring (bicyclic) bond motifs is 2. The Morgan fingerprint density at radius 1 is 1.30 bits per heavy atom. The smallest absolute Gasteiger partial charge is 0.140 e. The molecule has 1 atom stereocenters. The van der Waals surface area contributed by atoms with E-state index in [4.69, 9.17) is 5.41 Å². The van der Waals surface area contributed by atoms with Crippen LogP contribution in [0.1, 0.15) is 6.42 Å². The molecule has 2 aliphatic heterocycles. The van der Waals surface area contributed by atoms with E-state index in [1.54, 1.807) is 0 Å². The van der Waals surface area contributed by atoms with Crippen LogP contribution < -0.4 is 4.90 Å². The topological polar surface area (TPSA) is 64.2 Å². The van der Waals surface area contributed by atoms with Gasteiger partial charge in [0.05, 0.1) is 17.3 Å². The molecule has 0 aromatic heterocycles. The number of anilines is 1. The van der Waals surface area contributed by atoms with E-state index in [0.717, 1.165) is 22.9 Å². The molecule has 1 aromatic carbocycles. The van der Waals surface area contributed by atoms with Crippen molar-refractivity contribution < 1.29 is 0 Å². The summed E-state index contributed by atoms with van der Waals surface area (Å²) in [6.45, 7) is 0. The maximum Gasteiger partial charge on any atom is 0.140 e. The van der Waals surface area contributed by atoms with Gasteiger partial charge >= 0.3 is 0 Å². The molecule has 0 amide bonds. The standard InChI is InChI=1S/C14H13N5S/c1-19-8-20(11-5-3-2-4-10(11)19)12-7-6-9-14(13(12)15)17-18-16-9/h2-6,15H,7-8H2,1H3. The van der Waals surface area contributed by atoms with Crippen LogP contribution in [0, 0.1) is 5.41 Å². The molecule has 1 N–H and O–H groups in total. The molecule has 100 valence electrons. The van der Waals surface area contributed by atoms with Gasteiger partial charge < -0.3 is 4.90 Å². The summed E-state index contributed by atoms with van der Waals surface area (Å²) in [6, 6.07) is 8.46. The minimum Gasteiger partial charge on any atom is -0.365 e. The molecule has 6 heteroatoms. The Morgan fingerprint density at radius 3 is 3.05 bits per heavy atom. The molecule has 0 saturated carbocycles. The van der Waals surface area contributed by atoms with Gasteiger partial charge in [-0.3, -0.25) is 5.41 Å². The zero-order valence-corrected chi connectivity index (χ0v) is 11.8. The third-order valence-corrected chi connectivity index (χ3v) is 6.19. The van der Waals surface area contributed by atoms with Crippen LogP contribution in [0.15, 0.2) is 56.4 Å². The molecule has 0 saturated heterocycles. The van der Waals surface area contributed by atoms with Crippen molar-refractivity contribution in [2.24, 2.45) is 15.4 Å². The first-order valence-electron chi connectivity index (χ1n) is 6.41. The largest absolute Gasteiger partial charge is 0.365 e. The quantitative estimate of drug-likeness (QED) is 0.731. The summed E-state index contributed by atoms with van der Waals surface area (Å²) in [4.78, 5) is 4.75. The Morgan fingerprint density at radius 2 is 2.15 bits per heavy atom. The van der Waals surface area contributed by atoms with Crippen molar-refractivity contribution in [2.45, 2.75) is 11.3 Å². The highest BCUT2D eigenvalue weighted by molar-refractivity contribution is 8.17. The second kappa shape index (κ2) is 4.21. The van der Waals surface area contributed by atoms with E-state index in [9.17, 15) is 0 Å². The molecule has 1 aromatic rings. The maximum atomic E-state index is 8.41. The number of allylic oxidation sites excluding steroid dienone is 2. The van der Waals surface area contributed by atoms with Gasteiger partial charge in [-0.15, -0.1) is 20.7 Å². The lowest BCUT2D eigenvalue weighted by molar-refractivity contribution is 1.09. The highest BCUT2D eigenvalue weighted by Gasteiger charge is 2.30. The van der Waals surface area contributed by atoms with Crippen molar-refractivity contribution in [3.63, 3.8) is 0 Å². The van der Waals surface area contributed by atoms with Gasteiger partial charge in [-0.25, -0.2) is 0 Å². The molecule has 0 bridgehead atoms. The molecule has 4 rings (SSSR count). The van der Waals surface area contributed by atoms with Crippen LogP contribution >= 0.6 is 10.5 Å². The van der Waals surface area contributed by atoms with Gasteiger partial charge in [0.25, 0.3) is 0 Å². The van der Waals surface area contributed by atoms with E-state index in [1.165, 1.54) is 10.6 Å². The van der Waals surface area contributed by atoms with Crippen LogP contribution in [0.5, 0.6) is 0 Å². The molecule has 0 radical (unpaired) electrons. The molecule has 2 heterocycles. The zero-order chi connectivity index (χ0) is 13.7. The fourth-order valence-electron chi connectivity index (χ4n) is 2.70. The molecule has 1 unspecified atom stereocenters. The van der Waals surface area contributed by atoms with E-state index in [-0.39, 0.29) is 10.5 Å². The van der Waals surface area contributed by atoms with Crippen molar-refractivity contribution in [3.8, 4) is 0 Å². The summed E-state index contributed by atoms with van der Waals surface area (Å²) in [5.41, 5.74) is 3.17. The van der Waals surface area contributed by atoms with Gasteiger partial charge in [-0.1, -0.05) is 12.1 Å². The van der Waals surface area contributed by atoms with E-state index < -0.39 is 0 Å². The molecule has 0 fully saturated rings. The minimum absolute atomic E-state index is 0.0490. The zero-order valence-electron chi connectivity index (χ0n) is 11.0.